The van der Waals surface area contributed by atoms with Crippen molar-refractivity contribution >= 4 is 22.4 Å². The average molecular weight is 369 g/mol. The monoisotopic (exact) mass is 369 g/mol. The van der Waals surface area contributed by atoms with Crippen LogP contribution in [0.4, 0.5) is 5.13 Å². The minimum Gasteiger partial charge on any atom is -0.497 e. The lowest BCUT2D eigenvalue weighted by atomic mass is 10.2. The Labute approximate surface area is 155 Å². The highest BCUT2D eigenvalue weighted by molar-refractivity contribution is 7.18. The molecule has 0 saturated heterocycles. The van der Waals surface area contributed by atoms with Crippen LogP contribution >= 0.6 is 11.3 Å². The molecular formula is C19H19N3O3S. The second-order valence-electron chi connectivity index (χ2n) is 5.71. The zero-order valence-electron chi connectivity index (χ0n) is 14.7. The molecule has 1 amide bonds. The predicted molar refractivity (Wildman–Crippen MR) is 102 cm³/mol. The largest absolute Gasteiger partial charge is 0.497 e. The van der Waals surface area contributed by atoms with Gasteiger partial charge in [0.05, 0.1) is 7.11 Å². The van der Waals surface area contributed by atoms with E-state index >= 15 is 0 Å². The fraction of sp³-hybridized carbons (Fsp3) is 0.211. The van der Waals surface area contributed by atoms with E-state index in [1.165, 1.54) is 16.9 Å². The van der Waals surface area contributed by atoms with Crippen molar-refractivity contribution in [1.82, 2.24) is 10.2 Å². The van der Waals surface area contributed by atoms with Crippen LogP contribution in [0.25, 0.3) is 10.6 Å². The number of carbonyl (C=O) groups excluding carboxylic acids is 1. The molecule has 0 spiro atoms. The molecule has 0 aliphatic heterocycles. The standard InChI is InChI=1S/C19H19N3O3S/c1-12-7-9-14(10-8-12)18-21-22-19(26-18)20-17(23)13(2)25-16-6-4-5-15(11-16)24-3/h4-11,13H,1-3H3,(H,20,22,23). The van der Waals surface area contributed by atoms with Crippen LogP contribution in [0.5, 0.6) is 11.5 Å². The number of hydrogen-bond acceptors (Lipinski definition) is 6. The van der Waals surface area contributed by atoms with Gasteiger partial charge in [-0.15, -0.1) is 10.2 Å². The summed E-state index contributed by atoms with van der Waals surface area (Å²) in [5.41, 5.74) is 2.14. The first-order valence-electron chi connectivity index (χ1n) is 8.07. The number of rotatable bonds is 6. The number of amides is 1. The molecule has 6 nitrogen and oxygen atoms in total. The van der Waals surface area contributed by atoms with Crippen LogP contribution in [0.15, 0.2) is 48.5 Å². The van der Waals surface area contributed by atoms with E-state index in [0.29, 0.717) is 16.6 Å². The fourth-order valence-corrected chi connectivity index (χ4v) is 2.98. The van der Waals surface area contributed by atoms with Crippen molar-refractivity contribution in [3.63, 3.8) is 0 Å². The molecule has 2 aromatic carbocycles. The van der Waals surface area contributed by atoms with Crippen LogP contribution in [-0.4, -0.2) is 29.3 Å². The summed E-state index contributed by atoms with van der Waals surface area (Å²) in [6.45, 7) is 3.70. The van der Waals surface area contributed by atoms with Gasteiger partial charge in [-0.2, -0.15) is 0 Å². The number of anilines is 1. The lowest BCUT2D eigenvalue weighted by molar-refractivity contribution is -0.122. The normalized spacial score (nSPS) is 11.7. The number of ether oxygens (including phenoxy) is 2. The number of methoxy groups -OCH3 is 1. The fourth-order valence-electron chi connectivity index (χ4n) is 2.23. The molecule has 0 saturated carbocycles. The molecule has 0 radical (unpaired) electrons. The molecule has 1 unspecified atom stereocenters. The molecule has 0 aliphatic carbocycles. The third-order valence-electron chi connectivity index (χ3n) is 3.68. The van der Waals surface area contributed by atoms with Crippen LogP contribution in [0, 0.1) is 6.92 Å². The number of hydrogen-bond donors (Lipinski definition) is 1. The zero-order chi connectivity index (χ0) is 18.5. The number of nitrogens with one attached hydrogen (secondary N) is 1. The Hall–Kier alpha value is -2.93. The van der Waals surface area contributed by atoms with Crippen LogP contribution in [0.1, 0.15) is 12.5 Å². The SMILES string of the molecule is COc1cccc(OC(C)C(=O)Nc2nnc(-c3ccc(C)cc3)s2)c1. The first-order chi connectivity index (χ1) is 12.5. The molecule has 134 valence electrons. The summed E-state index contributed by atoms with van der Waals surface area (Å²) in [5, 5.41) is 12.1. The van der Waals surface area contributed by atoms with Gasteiger partial charge in [-0.05, 0) is 26.0 Å². The summed E-state index contributed by atoms with van der Waals surface area (Å²) in [5.74, 6) is 0.936. The minimum atomic E-state index is -0.686. The van der Waals surface area contributed by atoms with Crippen molar-refractivity contribution in [3.8, 4) is 22.1 Å². The van der Waals surface area contributed by atoms with E-state index in [9.17, 15) is 4.79 Å². The van der Waals surface area contributed by atoms with Crippen molar-refractivity contribution < 1.29 is 14.3 Å². The molecule has 1 atom stereocenters. The third kappa shape index (κ3) is 4.37. The second-order valence-corrected chi connectivity index (χ2v) is 6.68. The maximum Gasteiger partial charge on any atom is 0.266 e. The van der Waals surface area contributed by atoms with Gasteiger partial charge in [0, 0.05) is 11.6 Å². The Morgan fingerprint density at radius 3 is 2.58 bits per heavy atom. The van der Waals surface area contributed by atoms with Gasteiger partial charge in [-0.25, -0.2) is 0 Å². The van der Waals surface area contributed by atoms with Crippen LogP contribution < -0.4 is 14.8 Å². The van der Waals surface area contributed by atoms with Crippen LogP contribution in [0.2, 0.25) is 0 Å². The summed E-state index contributed by atoms with van der Waals surface area (Å²) in [4.78, 5) is 12.3. The first-order valence-corrected chi connectivity index (χ1v) is 8.89. The first kappa shape index (κ1) is 17.9. The van der Waals surface area contributed by atoms with E-state index in [2.05, 4.69) is 15.5 Å². The molecule has 26 heavy (non-hydrogen) atoms. The molecule has 7 heteroatoms. The second kappa shape index (κ2) is 7.97. The quantitative estimate of drug-likeness (QED) is 0.713. The van der Waals surface area contributed by atoms with Gasteiger partial charge in [0.2, 0.25) is 5.13 Å². The lowest BCUT2D eigenvalue weighted by Gasteiger charge is -2.14. The number of carbonyl (C=O) groups is 1. The minimum absolute atomic E-state index is 0.292. The predicted octanol–water partition coefficient (Wildman–Crippen LogP) is 3.93. The van der Waals surface area contributed by atoms with Gasteiger partial charge >= 0.3 is 0 Å². The Kier molecular flexibility index (Phi) is 5.48. The number of nitrogens with zero attached hydrogens (tertiary/aromatic N) is 2. The maximum atomic E-state index is 12.3. The van der Waals surface area contributed by atoms with E-state index in [-0.39, 0.29) is 5.91 Å². The highest BCUT2D eigenvalue weighted by Crippen LogP contribution is 2.27. The molecule has 0 fully saturated rings. The van der Waals surface area contributed by atoms with E-state index in [1.807, 2.05) is 37.3 Å². The van der Waals surface area contributed by atoms with Crippen LogP contribution in [-0.2, 0) is 4.79 Å². The van der Waals surface area contributed by atoms with Crippen molar-refractivity contribution in [1.29, 1.82) is 0 Å². The maximum absolute atomic E-state index is 12.3. The molecule has 1 heterocycles. The highest BCUT2D eigenvalue weighted by atomic mass is 32.1. The van der Waals surface area contributed by atoms with Crippen LogP contribution in [0.3, 0.4) is 0 Å². The number of benzene rings is 2. The van der Waals surface area contributed by atoms with Gasteiger partial charge in [-0.3, -0.25) is 10.1 Å². The Morgan fingerprint density at radius 2 is 1.85 bits per heavy atom. The summed E-state index contributed by atoms with van der Waals surface area (Å²) in [6.07, 6.45) is -0.686. The Balaban J connectivity index is 1.63. The van der Waals surface area contributed by atoms with Crippen molar-refractivity contribution in [3.05, 3.63) is 54.1 Å². The number of aromatic nitrogens is 2. The van der Waals surface area contributed by atoms with E-state index in [0.717, 1.165) is 10.6 Å². The molecule has 1 N–H and O–H groups in total. The highest BCUT2D eigenvalue weighted by Gasteiger charge is 2.17. The summed E-state index contributed by atoms with van der Waals surface area (Å²) < 4.78 is 10.8. The zero-order valence-corrected chi connectivity index (χ0v) is 15.5. The van der Waals surface area contributed by atoms with E-state index < -0.39 is 6.10 Å². The molecule has 0 aliphatic rings. The molecular weight excluding hydrogens is 350 g/mol. The Morgan fingerprint density at radius 1 is 1.12 bits per heavy atom. The number of aryl methyl sites for hydroxylation is 1. The summed E-state index contributed by atoms with van der Waals surface area (Å²) in [7, 11) is 1.58. The lowest BCUT2D eigenvalue weighted by Crippen LogP contribution is -2.30. The average Bonchev–Trinajstić information content (AvgIpc) is 3.11. The summed E-state index contributed by atoms with van der Waals surface area (Å²) in [6, 6.07) is 15.1. The third-order valence-corrected chi connectivity index (χ3v) is 4.56. The van der Waals surface area contributed by atoms with E-state index in [4.69, 9.17) is 9.47 Å². The Bertz CT molecular complexity index is 893. The van der Waals surface area contributed by atoms with Gasteiger partial charge in [-0.1, -0.05) is 47.2 Å². The van der Waals surface area contributed by atoms with Crippen molar-refractivity contribution in [2.24, 2.45) is 0 Å². The van der Waals surface area contributed by atoms with Gasteiger partial charge in [0.1, 0.15) is 16.5 Å². The molecule has 3 aromatic rings. The van der Waals surface area contributed by atoms with Gasteiger partial charge in [0.25, 0.3) is 5.91 Å². The van der Waals surface area contributed by atoms with Crippen molar-refractivity contribution in [2.45, 2.75) is 20.0 Å². The van der Waals surface area contributed by atoms with Crippen molar-refractivity contribution in [2.75, 3.05) is 12.4 Å². The smallest absolute Gasteiger partial charge is 0.266 e. The molecule has 3 rings (SSSR count). The van der Waals surface area contributed by atoms with E-state index in [1.54, 1.807) is 32.2 Å². The van der Waals surface area contributed by atoms with Gasteiger partial charge < -0.3 is 9.47 Å². The topological polar surface area (TPSA) is 73.3 Å². The molecule has 0 bridgehead atoms. The molecule has 1 aromatic heterocycles. The summed E-state index contributed by atoms with van der Waals surface area (Å²) >= 11 is 1.32. The van der Waals surface area contributed by atoms with Gasteiger partial charge in [0.15, 0.2) is 6.10 Å².